The van der Waals surface area contributed by atoms with Crippen molar-refractivity contribution < 1.29 is 14.3 Å². The van der Waals surface area contributed by atoms with Gasteiger partial charge in [0.05, 0.1) is 18.1 Å². The van der Waals surface area contributed by atoms with Crippen LogP contribution in [0.25, 0.3) is 11.0 Å². The van der Waals surface area contributed by atoms with E-state index in [-0.39, 0.29) is 11.8 Å². The van der Waals surface area contributed by atoms with E-state index >= 15 is 0 Å². The molecule has 1 saturated carbocycles. The third kappa shape index (κ3) is 4.94. The van der Waals surface area contributed by atoms with Gasteiger partial charge < -0.3 is 15.0 Å². The van der Waals surface area contributed by atoms with Crippen molar-refractivity contribution in [2.24, 2.45) is 5.92 Å². The summed E-state index contributed by atoms with van der Waals surface area (Å²) in [6.07, 6.45) is 4.95. The molecule has 0 bridgehead atoms. The van der Waals surface area contributed by atoms with Crippen molar-refractivity contribution in [3.8, 4) is 0 Å². The normalized spacial score (nSPS) is 14.4. The number of ether oxygens (including phenoxy) is 1. The minimum absolute atomic E-state index is 0.135. The first-order valence-electron chi connectivity index (χ1n) is 10.0. The number of amides is 2. The van der Waals surface area contributed by atoms with Crippen LogP contribution in [0.5, 0.6) is 0 Å². The van der Waals surface area contributed by atoms with Gasteiger partial charge in [0.15, 0.2) is 0 Å². The fraction of sp³-hybridized carbons (Fsp3) is 0.318. The topological polar surface area (TPSA) is 96.1 Å². The molecule has 0 aliphatic heterocycles. The Morgan fingerprint density at radius 2 is 1.77 bits per heavy atom. The monoisotopic (exact) mass is 424 g/mol. The van der Waals surface area contributed by atoms with Crippen molar-refractivity contribution in [2.45, 2.75) is 41.9 Å². The van der Waals surface area contributed by atoms with Gasteiger partial charge in [0.25, 0.3) is 0 Å². The molecule has 0 atom stereocenters. The highest BCUT2D eigenvalue weighted by Crippen LogP contribution is 2.31. The lowest BCUT2D eigenvalue weighted by Crippen LogP contribution is -2.24. The highest BCUT2D eigenvalue weighted by atomic mass is 32.2. The summed E-state index contributed by atoms with van der Waals surface area (Å²) in [4.78, 5) is 33.2. The van der Waals surface area contributed by atoms with E-state index in [0.29, 0.717) is 5.95 Å². The van der Waals surface area contributed by atoms with Gasteiger partial charge in [0, 0.05) is 21.4 Å². The van der Waals surface area contributed by atoms with Crippen molar-refractivity contribution in [2.75, 3.05) is 17.7 Å². The number of nitrogens with one attached hydrogen (secondary N) is 3. The van der Waals surface area contributed by atoms with Gasteiger partial charge in [-0.1, -0.05) is 31.0 Å². The molecule has 2 aromatic carbocycles. The van der Waals surface area contributed by atoms with Crippen LogP contribution in [0.1, 0.15) is 32.1 Å². The summed E-state index contributed by atoms with van der Waals surface area (Å²) < 4.78 is 4.58. The van der Waals surface area contributed by atoms with Gasteiger partial charge in [-0.15, -0.1) is 0 Å². The van der Waals surface area contributed by atoms with E-state index in [1.165, 1.54) is 13.5 Å². The summed E-state index contributed by atoms with van der Waals surface area (Å²) >= 11 is 1.61. The number of methoxy groups -OCH3 is 1. The van der Waals surface area contributed by atoms with Gasteiger partial charge in [-0.3, -0.25) is 10.1 Å². The third-order valence-electron chi connectivity index (χ3n) is 5.19. The van der Waals surface area contributed by atoms with Crippen molar-refractivity contribution in [1.82, 2.24) is 9.97 Å². The number of carbonyl (C=O) groups excluding carboxylic acids is 2. The molecule has 1 heterocycles. The van der Waals surface area contributed by atoms with Crippen LogP contribution in [0.3, 0.4) is 0 Å². The first-order valence-corrected chi connectivity index (χ1v) is 10.9. The number of carbonyl (C=O) groups is 2. The number of imidazole rings is 1. The van der Waals surface area contributed by atoms with Crippen molar-refractivity contribution in [1.29, 1.82) is 0 Å². The average Bonchev–Trinajstić information content (AvgIpc) is 3.17. The zero-order valence-electron chi connectivity index (χ0n) is 16.7. The first-order chi connectivity index (χ1) is 14.6. The lowest BCUT2D eigenvalue weighted by molar-refractivity contribution is -0.120. The molecular weight excluding hydrogens is 400 g/mol. The molecule has 8 heteroatoms. The molecule has 1 aliphatic carbocycles. The summed E-state index contributed by atoms with van der Waals surface area (Å²) in [6.45, 7) is 0. The van der Waals surface area contributed by atoms with Crippen LogP contribution >= 0.6 is 11.8 Å². The maximum absolute atomic E-state index is 12.4. The number of rotatable bonds is 5. The quantitative estimate of drug-likeness (QED) is 0.509. The standard InChI is InChI=1S/C22H24N4O3S/c1-29-22(28)26-21-24-18-12-11-17(13-19(18)25-21)30-16-9-7-15(8-10-16)23-20(27)14-5-3-2-4-6-14/h7-14H,2-6H2,1H3,(H,23,27)(H2,24,25,26,28). The molecule has 3 N–H and O–H groups in total. The molecule has 1 aliphatic rings. The number of aromatic amines is 1. The highest BCUT2D eigenvalue weighted by Gasteiger charge is 2.20. The lowest BCUT2D eigenvalue weighted by atomic mass is 9.88. The minimum Gasteiger partial charge on any atom is -0.453 e. The molecule has 2 amide bonds. The fourth-order valence-corrected chi connectivity index (χ4v) is 4.47. The number of aromatic nitrogens is 2. The number of H-pyrrole nitrogens is 1. The summed E-state index contributed by atoms with van der Waals surface area (Å²) in [6, 6.07) is 13.7. The largest absolute Gasteiger partial charge is 0.453 e. The second-order valence-corrected chi connectivity index (χ2v) is 8.48. The Bertz CT molecular complexity index is 1040. The van der Waals surface area contributed by atoms with E-state index in [9.17, 15) is 9.59 Å². The van der Waals surface area contributed by atoms with E-state index in [4.69, 9.17) is 0 Å². The summed E-state index contributed by atoms with van der Waals surface area (Å²) in [5.41, 5.74) is 2.41. The fourth-order valence-electron chi connectivity index (χ4n) is 3.61. The number of benzene rings is 2. The van der Waals surface area contributed by atoms with Gasteiger partial charge in [-0.25, -0.2) is 9.78 Å². The zero-order valence-corrected chi connectivity index (χ0v) is 17.6. The van der Waals surface area contributed by atoms with Gasteiger partial charge in [-0.2, -0.15) is 0 Å². The molecule has 1 aromatic heterocycles. The molecule has 1 fully saturated rings. The Morgan fingerprint density at radius 3 is 2.50 bits per heavy atom. The maximum Gasteiger partial charge on any atom is 0.413 e. The smallest absolute Gasteiger partial charge is 0.413 e. The minimum atomic E-state index is -0.570. The number of hydrogen-bond donors (Lipinski definition) is 3. The van der Waals surface area contributed by atoms with Gasteiger partial charge >= 0.3 is 6.09 Å². The Kier molecular flexibility index (Phi) is 6.23. The summed E-state index contributed by atoms with van der Waals surface area (Å²) in [7, 11) is 1.30. The molecule has 4 rings (SSSR count). The average molecular weight is 425 g/mol. The Hall–Kier alpha value is -3.00. The second kappa shape index (κ2) is 9.21. The van der Waals surface area contributed by atoms with Crippen molar-refractivity contribution in [3.63, 3.8) is 0 Å². The number of fused-ring (bicyclic) bond motifs is 1. The molecule has 156 valence electrons. The van der Waals surface area contributed by atoms with Crippen LogP contribution < -0.4 is 10.6 Å². The number of anilines is 2. The molecule has 3 aromatic rings. The first kappa shape index (κ1) is 20.3. The van der Waals surface area contributed by atoms with E-state index in [1.807, 2.05) is 42.5 Å². The van der Waals surface area contributed by atoms with Crippen LogP contribution in [0.4, 0.5) is 16.4 Å². The third-order valence-corrected chi connectivity index (χ3v) is 6.19. The molecule has 7 nitrogen and oxygen atoms in total. The predicted molar refractivity (Wildman–Crippen MR) is 118 cm³/mol. The summed E-state index contributed by atoms with van der Waals surface area (Å²) in [5, 5.41) is 5.57. The van der Waals surface area contributed by atoms with Crippen molar-refractivity contribution >= 4 is 46.4 Å². The Labute approximate surface area is 179 Å². The van der Waals surface area contributed by atoms with Crippen LogP contribution in [-0.4, -0.2) is 29.1 Å². The van der Waals surface area contributed by atoms with E-state index in [2.05, 4.69) is 25.3 Å². The molecule has 0 saturated heterocycles. The van der Waals surface area contributed by atoms with Crippen LogP contribution in [0.2, 0.25) is 0 Å². The van der Waals surface area contributed by atoms with Crippen LogP contribution in [-0.2, 0) is 9.53 Å². The predicted octanol–water partition coefficient (Wildman–Crippen LogP) is 5.41. The molecule has 0 unspecified atom stereocenters. The van der Waals surface area contributed by atoms with Crippen molar-refractivity contribution in [3.05, 3.63) is 42.5 Å². The number of nitrogens with zero attached hydrogens (tertiary/aromatic N) is 1. The highest BCUT2D eigenvalue weighted by molar-refractivity contribution is 7.99. The molecular formula is C22H24N4O3S. The maximum atomic E-state index is 12.4. The SMILES string of the molecule is COC(=O)Nc1nc2ccc(Sc3ccc(NC(=O)C4CCCCC4)cc3)cc2[nH]1. The Morgan fingerprint density at radius 1 is 1.03 bits per heavy atom. The lowest BCUT2D eigenvalue weighted by Gasteiger charge is -2.20. The van der Waals surface area contributed by atoms with E-state index < -0.39 is 6.09 Å². The Balaban J connectivity index is 1.39. The molecule has 0 spiro atoms. The van der Waals surface area contributed by atoms with Gasteiger partial charge in [0.1, 0.15) is 0 Å². The van der Waals surface area contributed by atoms with Crippen LogP contribution in [0, 0.1) is 5.92 Å². The second-order valence-electron chi connectivity index (χ2n) is 7.33. The molecule has 30 heavy (non-hydrogen) atoms. The van der Waals surface area contributed by atoms with E-state index in [1.54, 1.807) is 11.8 Å². The number of hydrogen-bond acceptors (Lipinski definition) is 5. The van der Waals surface area contributed by atoms with Gasteiger partial charge in [-0.05, 0) is 55.3 Å². The molecule has 0 radical (unpaired) electrons. The van der Waals surface area contributed by atoms with Gasteiger partial charge in [0.2, 0.25) is 11.9 Å². The zero-order chi connectivity index (χ0) is 20.9. The van der Waals surface area contributed by atoms with Crippen LogP contribution in [0.15, 0.2) is 52.3 Å². The van der Waals surface area contributed by atoms with E-state index in [0.717, 1.165) is 52.2 Å². The summed E-state index contributed by atoms with van der Waals surface area (Å²) in [5.74, 6) is 0.626.